The molecule has 4 N–H and O–H groups in total. The fourth-order valence-electron chi connectivity index (χ4n) is 1.94. The molecule has 0 aliphatic heterocycles. The molecule has 106 valence electrons. The summed E-state index contributed by atoms with van der Waals surface area (Å²) >= 11 is 0. The van der Waals surface area contributed by atoms with E-state index in [9.17, 15) is 13.5 Å². The van der Waals surface area contributed by atoms with Crippen molar-refractivity contribution in [1.29, 1.82) is 0 Å². The second kappa shape index (κ2) is 5.05. The standard InChI is InChI=1S/C14H16N2O3S/c1-9-6-7-10(2)14(13(9)15)20(18,19)16-11-4-3-5-12(17)8-11/h3-8,16-17H,15H2,1-2H3. The third-order valence-electron chi connectivity index (χ3n) is 2.98. The Morgan fingerprint density at radius 2 is 1.75 bits per heavy atom. The number of hydrogen-bond acceptors (Lipinski definition) is 4. The second-order valence-corrected chi connectivity index (χ2v) is 6.22. The summed E-state index contributed by atoms with van der Waals surface area (Å²) in [4.78, 5) is 0.0702. The lowest BCUT2D eigenvalue weighted by Crippen LogP contribution is -2.16. The molecule has 0 saturated carbocycles. The Morgan fingerprint density at radius 1 is 1.10 bits per heavy atom. The number of nitrogen functional groups attached to an aromatic ring is 1. The summed E-state index contributed by atoms with van der Waals surface area (Å²) in [6.07, 6.45) is 0. The van der Waals surface area contributed by atoms with E-state index < -0.39 is 10.0 Å². The van der Waals surface area contributed by atoms with E-state index in [1.807, 2.05) is 0 Å². The zero-order chi connectivity index (χ0) is 14.9. The van der Waals surface area contributed by atoms with Gasteiger partial charge in [0.15, 0.2) is 0 Å². The van der Waals surface area contributed by atoms with Gasteiger partial charge in [-0.15, -0.1) is 0 Å². The summed E-state index contributed by atoms with van der Waals surface area (Å²) in [6.45, 7) is 3.44. The number of nitrogens with one attached hydrogen (secondary N) is 1. The molecule has 6 heteroatoms. The predicted molar refractivity (Wildman–Crippen MR) is 79.2 cm³/mol. The Bertz CT molecular complexity index is 755. The highest BCUT2D eigenvalue weighted by Crippen LogP contribution is 2.28. The smallest absolute Gasteiger partial charge is 0.264 e. The first kappa shape index (κ1) is 14.2. The van der Waals surface area contributed by atoms with Gasteiger partial charge in [0.25, 0.3) is 10.0 Å². The van der Waals surface area contributed by atoms with Crippen molar-refractivity contribution in [3.63, 3.8) is 0 Å². The minimum atomic E-state index is -3.80. The number of aromatic hydroxyl groups is 1. The van der Waals surface area contributed by atoms with Crippen LogP contribution in [0.1, 0.15) is 11.1 Å². The summed E-state index contributed by atoms with van der Waals surface area (Å²) in [5.74, 6) is -0.0147. The van der Waals surface area contributed by atoms with Gasteiger partial charge in [-0.05, 0) is 37.1 Å². The largest absolute Gasteiger partial charge is 0.508 e. The number of benzene rings is 2. The number of rotatable bonds is 3. The van der Waals surface area contributed by atoms with E-state index in [4.69, 9.17) is 5.73 Å². The molecule has 0 radical (unpaired) electrons. The van der Waals surface area contributed by atoms with Crippen LogP contribution in [0.3, 0.4) is 0 Å². The number of phenolic OH excluding ortho intramolecular Hbond substituents is 1. The fraction of sp³-hybridized carbons (Fsp3) is 0.143. The Kier molecular flexibility index (Phi) is 3.59. The molecule has 0 unspecified atom stereocenters. The quantitative estimate of drug-likeness (QED) is 0.757. The number of anilines is 2. The van der Waals surface area contributed by atoms with Crippen LogP contribution in [0.25, 0.3) is 0 Å². The third-order valence-corrected chi connectivity index (χ3v) is 4.56. The van der Waals surface area contributed by atoms with Crippen LogP contribution in [-0.2, 0) is 10.0 Å². The van der Waals surface area contributed by atoms with E-state index in [1.165, 1.54) is 12.1 Å². The van der Waals surface area contributed by atoms with Crippen molar-refractivity contribution in [1.82, 2.24) is 0 Å². The first-order chi connectivity index (χ1) is 9.31. The predicted octanol–water partition coefficient (Wildman–Crippen LogP) is 2.39. The molecule has 2 aromatic carbocycles. The van der Waals surface area contributed by atoms with Crippen molar-refractivity contribution in [2.45, 2.75) is 18.7 Å². The average molecular weight is 292 g/mol. The van der Waals surface area contributed by atoms with E-state index in [-0.39, 0.29) is 22.0 Å². The van der Waals surface area contributed by atoms with E-state index in [0.717, 1.165) is 0 Å². The van der Waals surface area contributed by atoms with Gasteiger partial charge < -0.3 is 10.8 Å². The Labute approximate surface area is 118 Å². The Morgan fingerprint density at radius 3 is 2.40 bits per heavy atom. The fourth-order valence-corrected chi connectivity index (χ4v) is 3.42. The molecular weight excluding hydrogens is 276 g/mol. The maximum atomic E-state index is 12.4. The Hall–Kier alpha value is -2.21. The molecule has 20 heavy (non-hydrogen) atoms. The van der Waals surface area contributed by atoms with Crippen LogP contribution in [0.15, 0.2) is 41.3 Å². The lowest BCUT2D eigenvalue weighted by Gasteiger charge is -2.14. The SMILES string of the molecule is Cc1ccc(C)c(S(=O)(=O)Nc2cccc(O)c2)c1N. The van der Waals surface area contributed by atoms with Crippen LogP contribution in [-0.4, -0.2) is 13.5 Å². The van der Waals surface area contributed by atoms with Crippen LogP contribution in [0, 0.1) is 13.8 Å². The van der Waals surface area contributed by atoms with E-state index in [1.54, 1.807) is 38.1 Å². The summed E-state index contributed by atoms with van der Waals surface area (Å²) in [5.41, 5.74) is 7.67. The minimum absolute atomic E-state index is 0.0147. The number of nitrogens with two attached hydrogens (primary N) is 1. The monoisotopic (exact) mass is 292 g/mol. The molecule has 2 aromatic rings. The summed E-state index contributed by atoms with van der Waals surface area (Å²) in [7, 11) is -3.80. The van der Waals surface area contributed by atoms with Gasteiger partial charge in [-0.3, -0.25) is 4.72 Å². The summed E-state index contributed by atoms with van der Waals surface area (Å²) < 4.78 is 27.3. The van der Waals surface area contributed by atoms with Gasteiger partial charge in [0.2, 0.25) is 0 Å². The highest BCUT2D eigenvalue weighted by Gasteiger charge is 2.21. The average Bonchev–Trinajstić information content (AvgIpc) is 2.33. The van der Waals surface area contributed by atoms with Crippen LogP contribution in [0.4, 0.5) is 11.4 Å². The first-order valence-corrected chi connectivity index (χ1v) is 7.47. The lowest BCUT2D eigenvalue weighted by atomic mass is 10.1. The molecule has 0 aromatic heterocycles. The molecule has 0 aliphatic rings. The maximum absolute atomic E-state index is 12.4. The molecule has 0 amide bonds. The van der Waals surface area contributed by atoms with E-state index >= 15 is 0 Å². The minimum Gasteiger partial charge on any atom is -0.508 e. The molecule has 5 nitrogen and oxygen atoms in total. The van der Waals surface area contributed by atoms with Gasteiger partial charge in [0.1, 0.15) is 10.6 Å². The van der Waals surface area contributed by atoms with Crippen molar-refractivity contribution < 1.29 is 13.5 Å². The molecule has 0 saturated heterocycles. The van der Waals surface area contributed by atoms with Crippen molar-refractivity contribution in [2.24, 2.45) is 0 Å². The van der Waals surface area contributed by atoms with E-state index in [2.05, 4.69) is 4.72 Å². The molecular formula is C14H16N2O3S. The van der Waals surface area contributed by atoms with Gasteiger partial charge in [-0.2, -0.15) is 0 Å². The highest BCUT2D eigenvalue weighted by molar-refractivity contribution is 7.93. The second-order valence-electron chi connectivity index (χ2n) is 4.60. The van der Waals surface area contributed by atoms with Crippen molar-refractivity contribution >= 4 is 21.4 Å². The summed E-state index contributed by atoms with van der Waals surface area (Å²) in [5, 5.41) is 9.37. The number of sulfonamides is 1. The van der Waals surface area contributed by atoms with Crippen molar-refractivity contribution in [2.75, 3.05) is 10.5 Å². The van der Waals surface area contributed by atoms with Crippen LogP contribution < -0.4 is 10.5 Å². The molecule has 0 fully saturated rings. The molecule has 0 spiro atoms. The third kappa shape index (κ3) is 2.70. The van der Waals surface area contributed by atoms with Crippen molar-refractivity contribution in [3.8, 4) is 5.75 Å². The topological polar surface area (TPSA) is 92.4 Å². The van der Waals surface area contributed by atoms with Gasteiger partial charge in [0.05, 0.1) is 11.4 Å². The zero-order valence-corrected chi connectivity index (χ0v) is 12.0. The number of phenols is 1. The van der Waals surface area contributed by atoms with Crippen LogP contribution in [0.2, 0.25) is 0 Å². The van der Waals surface area contributed by atoms with E-state index in [0.29, 0.717) is 11.1 Å². The maximum Gasteiger partial charge on any atom is 0.264 e. The number of aryl methyl sites for hydroxylation is 2. The highest BCUT2D eigenvalue weighted by atomic mass is 32.2. The molecule has 0 atom stereocenters. The Balaban J connectivity index is 2.49. The normalized spacial score (nSPS) is 11.3. The van der Waals surface area contributed by atoms with Crippen molar-refractivity contribution in [3.05, 3.63) is 47.5 Å². The molecule has 2 rings (SSSR count). The molecule has 0 bridgehead atoms. The summed E-state index contributed by atoms with van der Waals surface area (Å²) in [6, 6.07) is 9.39. The van der Waals surface area contributed by atoms with Crippen LogP contribution >= 0.6 is 0 Å². The van der Waals surface area contributed by atoms with Gasteiger partial charge in [0, 0.05) is 6.07 Å². The molecule has 0 heterocycles. The first-order valence-electron chi connectivity index (χ1n) is 5.99. The van der Waals surface area contributed by atoms with Gasteiger partial charge in [-0.25, -0.2) is 8.42 Å². The molecule has 0 aliphatic carbocycles. The van der Waals surface area contributed by atoms with Crippen LogP contribution in [0.5, 0.6) is 5.75 Å². The lowest BCUT2D eigenvalue weighted by molar-refractivity contribution is 0.475. The number of hydrogen-bond donors (Lipinski definition) is 3. The van der Waals surface area contributed by atoms with Gasteiger partial charge >= 0.3 is 0 Å². The zero-order valence-electron chi connectivity index (χ0n) is 11.2. The van der Waals surface area contributed by atoms with Gasteiger partial charge in [-0.1, -0.05) is 18.2 Å².